The summed E-state index contributed by atoms with van der Waals surface area (Å²) in [5.41, 5.74) is 10.3. The fourth-order valence-electron chi connectivity index (χ4n) is 11.1. The molecule has 5 aromatic rings. The van der Waals surface area contributed by atoms with Crippen LogP contribution in [0.4, 0.5) is 0 Å². The van der Waals surface area contributed by atoms with E-state index in [1.807, 2.05) is 32.2 Å². The predicted octanol–water partition coefficient (Wildman–Crippen LogP) is 6.81. The summed E-state index contributed by atoms with van der Waals surface area (Å²) < 4.78 is 26.7. The second kappa shape index (κ2) is 20.3. The Morgan fingerprint density at radius 1 is 1.04 bits per heavy atom. The lowest BCUT2D eigenvalue weighted by molar-refractivity contribution is -0.156. The highest BCUT2D eigenvalue weighted by atomic mass is 32.1. The number of carbonyl (C=O) groups excluding carboxylic acids is 3. The molecule has 4 aromatic heterocycles. The first-order valence-electron chi connectivity index (χ1n) is 24.8. The lowest BCUT2D eigenvalue weighted by Crippen LogP contribution is -2.62. The molecule has 1 aromatic carbocycles. The molecule has 3 saturated heterocycles. The average molecular weight is 960 g/mol. The van der Waals surface area contributed by atoms with Gasteiger partial charge in [-0.1, -0.05) is 26.8 Å². The molecule has 0 radical (unpaired) electrons. The first-order chi connectivity index (χ1) is 33.5. The van der Waals surface area contributed by atoms with Gasteiger partial charge in [0.1, 0.15) is 23.4 Å². The van der Waals surface area contributed by atoms with Gasteiger partial charge < -0.3 is 28.8 Å². The topological polar surface area (TPSA) is 175 Å². The lowest BCUT2D eigenvalue weighted by Gasteiger charge is -2.39. The van der Waals surface area contributed by atoms with Gasteiger partial charge in [-0.05, 0) is 107 Å². The molecule has 366 valence electrons. The number of nitrogens with one attached hydrogen (secondary N) is 2. The van der Waals surface area contributed by atoms with Crippen molar-refractivity contribution in [3.8, 4) is 22.5 Å². The molecule has 0 spiro atoms. The van der Waals surface area contributed by atoms with E-state index in [0.717, 1.165) is 94.1 Å². The monoisotopic (exact) mass is 959 g/mol. The number of fused-ring (bicyclic) bond motifs is 6. The van der Waals surface area contributed by atoms with Gasteiger partial charge >= 0.3 is 5.97 Å². The number of rotatable bonds is 11. The predicted molar refractivity (Wildman–Crippen MR) is 261 cm³/mol. The fourth-order valence-corrected chi connectivity index (χ4v) is 12.1. The molecular formula is C52H65N9O7S. The summed E-state index contributed by atoms with van der Waals surface area (Å²) in [5.74, 6) is -1.33. The quantitative estimate of drug-likeness (QED) is 0.132. The van der Waals surface area contributed by atoms with Gasteiger partial charge in [0, 0.05) is 96.2 Å². The number of hydrogen-bond acceptors (Lipinski definition) is 14. The Kier molecular flexibility index (Phi) is 14.0. The highest BCUT2D eigenvalue weighted by Gasteiger charge is 2.55. The van der Waals surface area contributed by atoms with Gasteiger partial charge in [-0.25, -0.2) is 20.4 Å². The van der Waals surface area contributed by atoms with E-state index in [1.165, 1.54) is 22.7 Å². The maximum Gasteiger partial charge on any atom is 0.324 e. The molecule has 5 aliphatic rings. The minimum atomic E-state index is -0.995. The fraction of sp³-hybridized carbons (Fsp3) is 0.558. The standard InChI is InChI=1S/C52H65N9O7S/c1-31-42(38-14-18-53-30-55-38)43(31)48(62)57-45-47(59-19-6-7-20-59)49-56-40(28-69-49)33-12-13-41-36(26-33)37(27-52(3,4)29-68-51(64)39-11-9-21-61(58-39)50(45)63)46(35-10-8-17-54-44(35)32(2)65-5)60(41)22-25-67-34-15-23-66-24-16-34/h8,10,12-14,17-18,26,28,30-32,34,39,42-43,45,47,58H,6-7,9,11,15-16,19-25,27,29H2,1-5H3,(H,57,62)/t31-,32-,39-,42-,43+,45-,47-/m0/s1. The smallest absolute Gasteiger partial charge is 0.324 e. The minimum Gasteiger partial charge on any atom is -0.464 e. The third kappa shape index (κ3) is 9.82. The van der Waals surface area contributed by atoms with E-state index >= 15 is 4.79 Å². The summed E-state index contributed by atoms with van der Waals surface area (Å²) in [7, 11) is 1.71. The van der Waals surface area contributed by atoms with Crippen molar-refractivity contribution >= 4 is 40.0 Å². The Hall–Kier alpha value is -5.17. The van der Waals surface area contributed by atoms with Crippen LogP contribution in [-0.4, -0.2) is 124 Å². The van der Waals surface area contributed by atoms with Crippen LogP contribution in [-0.2, 0) is 46.3 Å². The number of hydrogen-bond donors (Lipinski definition) is 2. The van der Waals surface area contributed by atoms with Crippen LogP contribution in [0.3, 0.4) is 0 Å². The molecule has 7 atom stereocenters. The van der Waals surface area contributed by atoms with E-state index in [0.29, 0.717) is 52.2 Å². The number of carbonyl (C=O) groups is 3. The van der Waals surface area contributed by atoms with E-state index in [1.54, 1.807) is 13.3 Å². The normalized spacial score (nSPS) is 26.1. The zero-order chi connectivity index (χ0) is 47.8. The molecule has 8 heterocycles. The summed E-state index contributed by atoms with van der Waals surface area (Å²) in [6, 6.07) is 10.2. The molecule has 1 aliphatic carbocycles. The molecule has 1 saturated carbocycles. The summed E-state index contributed by atoms with van der Waals surface area (Å²) >= 11 is 1.51. The first-order valence-corrected chi connectivity index (χ1v) is 25.7. The van der Waals surface area contributed by atoms with E-state index in [2.05, 4.69) is 73.7 Å². The van der Waals surface area contributed by atoms with Gasteiger partial charge in [0.2, 0.25) is 5.91 Å². The number of nitrogens with zero attached hydrogens (tertiary/aromatic N) is 7. The third-order valence-electron chi connectivity index (χ3n) is 14.9. The highest BCUT2D eigenvalue weighted by Crippen LogP contribution is 2.53. The number of aromatic nitrogens is 5. The number of thiazole rings is 1. The van der Waals surface area contributed by atoms with E-state index in [9.17, 15) is 9.59 Å². The number of likely N-dealkylation sites (tertiary alicyclic amines) is 1. The van der Waals surface area contributed by atoms with E-state index in [-0.39, 0.29) is 48.4 Å². The van der Waals surface area contributed by atoms with Crippen LogP contribution in [0.25, 0.3) is 33.4 Å². The second-order valence-electron chi connectivity index (χ2n) is 20.3. The van der Waals surface area contributed by atoms with E-state index < -0.39 is 29.5 Å². The number of pyridine rings is 1. The Balaban J connectivity index is 1.10. The molecule has 10 rings (SSSR count). The zero-order valence-electron chi connectivity index (χ0n) is 40.4. The van der Waals surface area contributed by atoms with Crippen LogP contribution in [0.15, 0.2) is 60.5 Å². The van der Waals surface area contributed by atoms with Crippen molar-refractivity contribution in [3.63, 3.8) is 0 Å². The number of hydrazine groups is 1. The molecule has 4 aliphatic heterocycles. The lowest BCUT2D eigenvalue weighted by atomic mass is 9.84. The molecule has 17 heteroatoms. The van der Waals surface area contributed by atoms with Gasteiger partial charge in [-0.3, -0.25) is 29.3 Å². The molecule has 6 bridgehead atoms. The van der Waals surface area contributed by atoms with Crippen molar-refractivity contribution in [3.05, 3.63) is 82.5 Å². The van der Waals surface area contributed by atoms with Gasteiger partial charge in [-0.2, -0.15) is 0 Å². The first kappa shape index (κ1) is 47.5. The van der Waals surface area contributed by atoms with Crippen LogP contribution in [0.2, 0.25) is 0 Å². The Bertz CT molecular complexity index is 2640. The van der Waals surface area contributed by atoms with Crippen molar-refractivity contribution in [2.24, 2.45) is 17.3 Å². The van der Waals surface area contributed by atoms with Gasteiger partial charge in [-0.15, -0.1) is 11.3 Å². The molecule has 2 amide bonds. The van der Waals surface area contributed by atoms with Crippen LogP contribution < -0.4 is 10.7 Å². The average Bonchev–Trinajstić information content (AvgIpc) is 3.78. The molecule has 4 fully saturated rings. The Morgan fingerprint density at radius 2 is 1.87 bits per heavy atom. The van der Waals surface area contributed by atoms with Crippen LogP contribution >= 0.6 is 11.3 Å². The van der Waals surface area contributed by atoms with Crippen LogP contribution in [0, 0.1) is 17.3 Å². The van der Waals surface area contributed by atoms with Crippen molar-refractivity contribution in [1.29, 1.82) is 0 Å². The van der Waals surface area contributed by atoms with Crippen molar-refractivity contribution in [2.75, 3.05) is 53.2 Å². The molecular weight excluding hydrogens is 895 g/mol. The van der Waals surface area contributed by atoms with Crippen molar-refractivity contribution in [1.82, 2.24) is 45.2 Å². The third-order valence-corrected chi connectivity index (χ3v) is 15.9. The SMILES string of the molecule is CO[C@@H](C)c1ncccc1-c1c2c3cc(ccc3n1CCOC1CCOCC1)-c1csc(n1)[C@@H](N1CCCC1)[C@H](NC(=O)[C@@H]1[C@@H](C)[C@H]1c1ccncn1)C(=O)N1CCC[C@H](N1)C(=O)OCC(C)(C)C2. The molecule has 16 nitrogen and oxygen atoms in total. The largest absolute Gasteiger partial charge is 0.464 e. The number of benzene rings is 1. The van der Waals surface area contributed by atoms with Gasteiger partial charge in [0.05, 0.1) is 48.5 Å². The van der Waals surface area contributed by atoms with Crippen LogP contribution in [0.5, 0.6) is 0 Å². The second-order valence-corrected chi connectivity index (χ2v) is 21.1. The number of methoxy groups -OCH3 is 1. The number of cyclic esters (lactones) is 1. The number of ether oxygens (including phenoxy) is 4. The Morgan fingerprint density at radius 3 is 2.65 bits per heavy atom. The maximum atomic E-state index is 15.2. The summed E-state index contributed by atoms with van der Waals surface area (Å²) in [6.07, 6.45) is 10.2. The van der Waals surface area contributed by atoms with E-state index in [4.69, 9.17) is 28.9 Å². The summed E-state index contributed by atoms with van der Waals surface area (Å²) in [6.45, 7) is 12.9. The zero-order valence-corrected chi connectivity index (χ0v) is 41.2. The molecule has 69 heavy (non-hydrogen) atoms. The van der Waals surface area contributed by atoms with Gasteiger partial charge in [0.15, 0.2) is 0 Å². The highest BCUT2D eigenvalue weighted by molar-refractivity contribution is 7.10. The minimum absolute atomic E-state index is 0.0326. The maximum absolute atomic E-state index is 15.2. The van der Waals surface area contributed by atoms with Crippen molar-refractivity contribution in [2.45, 2.75) is 115 Å². The Labute approximate surface area is 407 Å². The molecule has 0 unspecified atom stereocenters. The summed E-state index contributed by atoms with van der Waals surface area (Å²) in [5, 5.41) is 8.71. The number of esters is 1. The van der Waals surface area contributed by atoms with Gasteiger partial charge in [0.25, 0.3) is 5.91 Å². The number of amides is 2. The summed E-state index contributed by atoms with van der Waals surface area (Å²) in [4.78, 5) is 65.1. The van der Waals surface area contributed by atoms with Crippen LogP contribution in [0.1, 0.15) is 106 Å². The molecule has 2 N–H and O–H groups in total. The van der Waals surface area contributed by atoms with Crippen molar-refractivity contribution < 1.29 is 33.3 Å².